The Labute approximate surface area is 96.9 Å². The van der Waals surface area contributed by atoms with Gasteiger partial charge in [0.2, 0.25) is 11.8 Å². The first-order chi connectivity index (χ1) is 7.45. The van der Waals surface area contributed by atoms with E-state index in [1.807, 2.05) is 13.8 Å². The third-order valence-electron chi connectivity index (χ3n) is 2.84. The molecule has 2 amide bonds. The van der Waals surface area contributed by atoms with Crippen molar-refractivity contribution < 1.29 is 9.59 Å². The highest BCUT2D eigenvalue weighted by Crippen LogP contribution is 2.18. The summed E-state index contributed by atoms with van der Waals surface area (Å²) in [6.07, 6.45) is 0.349. The molecule has 0 spiro atoms. The van der Waals surface area contributed by atoms with E-state index in [4.69, 9.17) is 0 Å². The Bertz CT molecular complexity index is 306. The van der Waals surface area contributed by atoms with Gasteiger partial charge in [-0.15, -0.1) is 0 Å². The average molecular weight is 224 g/mol. The maximum absolute atomic E-state index is 12.1. The minimum Gasteiger partial charge on any atom is -0.345 e. The van der Waals surface area contributed by atoms with E-state index in [2.05, 4.69) is 6.58 Å². The molecule has 0 saturated carbocycles. The van der Waals surface area contributed by atoms with Gasteiger partial charge in [-0.05, 0) is 13.8 Å². The molecule has 0 N–H and O–H groups in total. The standard InChI is InChI=1S/C12H20N2O2/c1-5-14(7-9(2)3)12(16)10-6-11(15)13(4)8-10/h10H,2,5-8H2,1,3-4H3/t10-/m1/s1. The molecule has 1 atom stereocenters. The van der Waals surface area contributed by atoms with Crippen LogP contribution in [0.15, 0.2) is 12.2 Å². The fourth-order valence-corrected chi connectivity index (χ4v) is 1.96. The number of carbonyl (C=O) groups excluding carboxylic acids is 2. The molecule has 0 aromatic rings. The van der Waals surface area contributed by atoms with Gasteiger partial charge in [-0.2, -0.15) is 0 Å². The molecule has 0 aromatic heterocycles. The van der Waals surface area contributed by atoms with Crippen molar-refractivity contribution in [1.82, 2.24) is 9.80 Å². The second-order valence-electron chi connectivity index (χ2n) is 4.48. The van der Waals surface area contributed by atoms with Crippen LogP contribution in [0.1, 0.15) is 20.3 Å². The normalized spacial score (nSPS) is 20.1. The molecular formula is C12H20N2O2. The van der Waals surface area contributed by atoms with Crippen molar-refractivity contribution in [2.45, 2.75) is 20.3 Å². The van der Waals surface area contributed by atoms with E-state index in [9.17, 15) is 9.59 Å². The summed E-state index contributed by atoms with van der Waals surface area (Å²) in [5.41, 5.74) is 0.966. The number of hydrogen-bond acceptors (Lipinski definition) is 2. The maximum atomic E-state index is 12.1. The van der Waals surface area contributed by atoms with Crippen LogP contribution in [0.4, 0.5) is 0 Å². The molecule has 1 fully saturated rings. The molecule has 16 heavy (non-hydrogen) atoms. The highest BCUT2D eigenvalue weighted by atomic mass is 16.2. The lowest BCUT2D eigenvalue weighted by atomic mass is 10.1. The predicted octanol–water partition coefficient (Wildman–Crippen LogP) is 0.889. The minimum atomic E-state index is -0.170. The molecule has 0 aromatic carbocycles. The Hall–Kier alpha value is -1.32. The number of carbonyl (C=O) groups is 2. The third kappa shape index (κ3) is 2.84. The maximum Gasteiger partial charge on any atom is 0.228 e. The van der Waals surface area contributed by atoms with Crippen LogP contribution in [0.2, 0.25) is 0 Å². The van der Waals surface area contributed by atoms with E-state index in [0.29, 0.717) is 26.1 Å². The van der Waals surface area contributed by atoms with E-state index < -0.39 is 0 Å². The Morgan fingerprint density at radius 2 is 2.25 bits per heavy atom. The number of rotatable bonds is 4. The minimum absolute atomic E-state index is 0.0599. The van der Waals surface area contributed by atoms with Gasteiger partial charge in [0.25, 0.3) is 0 Å². The van der Waals surface area contributed by atoms with Crippen molar-refractivity contribution in [2.75, 3.05) is 26.7 Å². The summed E-state index contributed by atoms with van der Waals surface area (Å²) in [6, 6.07) is 0. The van der Waals surface area contributed by atoms with E-state index in [-0.39, 0.29) is 17.7 Å². The monoisotopic (exact) mass is 224 g/mol. The van der Waals surface area contributed by atoms with Gasteiger partial charge in [-0.1, -0.05) is 12.2 Å². The summed E-state index contributed by atoms with van der Waals surface area (Å²) in [4.78, 5) is 26.9. The van der Waals surface area contributed by atoms with Gasteiger partial charge in [0.1, 0.15) is 0 Å². The van der Waals surface area contributed by atoms with Gasteiger partial charge in [0.15, 0.2) is 0 Å². The third-order valence-corrected chi connectivity index (χ3v) is 2.84. The molecule has 90 valence electrons. The van der Waals surface area contributed by atoms with Gasteiger partial charge in [-0.25, -0.2) is 0 Å². The summed E-state index contributed by atoms with van der Waals surface area (Å²) >= 11 is 0. The van der Waals surface area contributed by atoms with Crippen molar-refractivity contribution in [2.24, 2.45) is 5.92 Å². The van der Waals surface area contributed by atoms with Gasteiger partial charge in [0, 0.05) is 33.1 Å². The quantitative estimate of drug-likeness (QED) is 0.665. The first-order valence-corrected chi connectivity index (χ1v) is 5.62. The fourth-order valence-electron chi connectivity index (χ4n) is 1.96. The Kier molecular flexibility index (Phi) is 4.10. The molecule has 0 unspecified atom stereocenters. The number of likely N-dealkylation sites (N-methyl/N-ethyl adjacent to an activating group) is 1. The highest BCUT2D eigenvalue weighted by Gasteiger charge is 2.34. The topological polar surface area (TPSA) is 40.6 Å². The van der Waals surface area contributed by atoms with Crippen molar-refractivity contribution in [3.05, 3.63) is 12.2 Å². The summed E-state index contributed by atoms with van der Waals surface area (Å²) in [5, 5.41) is 0. The molecule has 0 aliphatic carbocycles. The van der Waals surface area contributed by atoms with Crippen LogP contribution < -0.4 is 0 Å². The molecule has 1 aliphatic heterocycles. The van der Waals surface area contributed by atoms with Gasteiger partial charge in [0.05, 0.1) is 5.92 Å². The van der Waals surface area contributed by atoms with Crippen molar-refractivity contribution in [3.63, 3.8) is 0 Å². The van der Waals surface area contributed by atoms with E-state index in [0.717, 1.165) is 5.57 Å². The SMILES string of the molecule is C=C(C)CN(CC)C(=O)[C@@H]1CC(=O)N(C)C1. The summed E-state index contributed by atoms with van der Waals surface area (Å²) in [5.74, 6) is -0.0373. The molecule has 0 radical (unpaired) electrons. The van der Waals surface area contributed by atoms with Gasteiger partial charge >= 0.3 is 0 Å². The smallest absolute Gasteiger partial charge is 0.228 e. The van der Waals surface area contributed by atoms with E-state index in [1.165, 1.54) is 0 Å². The van der Waals surface area contributed by atoms with Crippen LogP contribution in [0.25, 0.3) is 0 Å². The Morgan fingerprint density at radius 1 is 1.62 bits per heavy atom. The molecule has 1 heterocycles. The highest BCUT2D eigenvalue weighted by molar-refractivity contribution is 5.89. The van der Waals surface area contributed by atoms with Crippen LogP contribution in [-0.2, 0) is 9.59 Å². The predicted molar refractivity (Wildman–Crippen MR) is 62.8 cm³/mol. The lowest BCUT2D eigenvalue weighted by Gasteiger charge is -2.23. The van der Waals surface area contributed by atoms with Gasteiger partial charge in [-0.3, -0.25) is 9.59 Å². The molecular weight excluding hydrogens is 204 g/mol. The zero-order valence-corrected chi connectivity index (χ0v) is 10.3. The largest absolute Gasteiger partial charge is 0.345 e. The van der Waals surface area contributed by atoms with Crippen LogP contribution in [0, 0.1) is 5.92 Å². The van der Waals surface area contributed by atoms with E-state index in [1.54, 1.807) is 16.8 Å². The number of amides is 2. The number of nitrogens with zero attached hydrogens (tertiary/aromatic N) is 2. The molecule has 1 rings (SSSR count). The Morgan fingerprint density at radius 3 is 2.62 bits per heavy atom. The fraction of sp³-hybridized carbons (Fsp3) is 0.667. The van der Waals surface area contributed by atoms with Crippen LogP contribution in [0.3, 0.4) is 0 Å². The molecule has 1 saturated heterocycles. The van der Waals surface area contributed by atoms with Crippen molar-refractivity contribution in [1.29, 1.82) is 0 Å². The van der Waals surface area contributed by atoms with Crippen molar-refractivity contribution in [3.8, 4) is 0 Å². The molecule has 4 heteroatoms. The van der Waals surface area contributed by atoms with Crippen LogP contribution >= 0.6 is 0 Å². The zero-order chi connectivity index (χ0) is 12.3. The molecule has 0 bridgehead atoms. The lowest BCUT2D eigenvalue weighted by molar-refractivity contribution is -0.135. The van der Waals surface area contributed by atoms with Crippen LogP contribution in [0.5, 0.6) is 0 Å². The molecule has 1 aliphatic rings. The Balaban J connectivity index is 2.62. The van der Waals surface area contributed by atoms with Crippen LogP contribution in [-0.4, -0.2) is 48.3 Å². The summed E-state index contributed by atoms with van der Waals surface area (Å²) < 4.78 is 0. The summed E-state index contributed by atoms with van der Waals surface area (Å²) in [6.45, 7) is 9.46. The zero-order valence-electron chi connectivity index (χ0n) is 10.3. The first kappa shape index (κ1) is 12.7. The second kappa shape index (κ2) is 5.14. The molecule has 4 nitrogen and oxygen atoms in total. The summed E-state index contributed by atoms with van der Waals surface area (Å²) in [7, 11) is 1.74. The van der Waals surface area contributed by atoms with E-state index >= 15 is 0 Å². The second-order valence-corrected chi connectivity index (χ2v) is 4.48. The number of likely N-dealkylation sites (tertiary alicyclic amines) is 1. The van der Waals surface area contributed by atoms with Gasteiger partial charge < -0.3 is 9.80 Å². The number of hydrogen-bond donors (Lipinski definition) is 0. The average Bonchev–Trinajstić information content (AvgIpc) is 2.54. The lowest BCUT2D eigenvalue weighted by Crippen LogP contribution is -2.37. The van der Waals surface area contributed by atoms with Crippen molar-refractivity contribution >= 4 is 11.8 Å². The first-order valence-electron chi connectivity index (χ1n) is 5.62.